The molecule has 0 aliphatic heterocycles. The Morgan fingerprint density at radius 2 is 2.00 bits per heavy atom. The van der Waals surface area contributed by atoms with E-state index in [-0.39, 0.29) is 16.5 Å². The minimum atomic E-state index is -3.93. The van der Waals surface area contributed by atoms with Crippen molar-refractivity contribution in [2.75, 3.05) is 10.5 Å². The van der Waals surface area contributed by atoms with Crippen LogP contribution in [0.15, 0.2) is 41.7 Å². The zero-order valence-corrected chi connectivity index (χ0v) is 9.86. The molecule has 6 nitrogen and oxygen atoms in total. The van der Waals surface area contributed by atoms with Crippen LogP contribution in [0.3, 0.4) is 0 Å². The van der Waals surface area contributed by atoms with Crippen LogP contribution in [-0.4, -0.2) is 18.4 Å². The van der Waals surface area contributed by atoms with Crippen molar-refractivity contribution < 1.29 is 12.8 Å². The van der Waals surface area contributed by atoms with E-state index in [0.29, 0.717) is 0 Å². The van der Waals surface area contributed by atoms with Crippen molar-refractivity contribution in [1.82, 2.24) is 9.97 Å². The molecule has 8 heteroatoms. The normalized spacial score (nSPS) is 11.2. The molecule has 2 rings (SSSR count). The third kappa shape index (κ3) is 2.54. The van der Waals surface area contributed by atoms with Crippen molar-refractivity contribution >= 4 is 21.5 Å². The highest BCUT2D eigenvalue weighted by Crippen LogP contribution is 2.17. The van der Waals surface area contributed by atoms with Gasteiger partial charge in [0.15, 0.2) is 5.03 Å². The van der Waals surface area contributed by atoms with Gasteiger partial charge in [0, 0.05) is 6.20 Å². The summed E-state index contributed by atoms with van der Waals surface area (Å²) in [6.45, 7) is 0. The summed E-state index contributed by atoms with van der Waals surface area (Å²) in [7, 11) is -3.93. The fraction of sp³-hybridized carbons (Fsp3) is 0. The molecule has 0 aliphatic rings. The molecule has 94 valence electrons. The summed E-state index contributed by atoms with van der Waals surface area (Å²) in [5.74, 6) is -0.572. The molecule has 18 heavy (non-hydrogen) atoms. The Morgan fingerprint density at radius 1 is 1.22 bits per heavy atom. The van der Waals surface area contributed by atoms with Gasteiger partial charge in [0.25, 0.3) is 10.0 Å². The van der Waals surface area contributed by atoms with E-state index in [1.165, 1.54) is 24.4 Å². The lowest BCUT2D eigenvalue weighted by Gasteiger charge is -2.07. The fourth-order valence-electron chi connectivity index (χ4n) is 1.25. The van der Waals surface area contributed by atoms with Crippen molar-refractivity contribution in [3.63, 3.8) is 0 Å². The average molecular weight is 268 g/mol. The second-order valence-corrected chi connectivity index (χ2v) is 4.96. The second-order valence-electron chi connectivity index (χ2n) is 3.36. The highest BCUT2D eigenvalue weighted by atomic mass is 32.2. The van der Waals surface area contributed by atoms with Gasteiger partial charge in [0.05, 0.1) is 11.9 Å². The van der Waals surface area contributed by atoms with Crippen molar-refractivity contribution in [3.05, 3.63) is 42.5 Å². The number of nitrogens with two attached hydrogens (primary N) is 1. The second kappa shape index (κ2) is 4.57. The molecular formula is C10H9FN4O2S. The monoisotopic (exact) mass is 268 g/mol. The van der Waals surface area contributed by atoms with E-state index in [2.05, 4.69) is 14.7 Å². The van der Waals surface area contributed by atoms with Crippen LogP contribution in [-0.2, 0) is 10.0 Å². The molecule has 0 saturated carbocycles. The van der Waals surface area contributed by atoms with Crippen LogP contribution in [0.2, 0.25) is 0 Å². The molecule has 2 aromatic rings. The van der Waals surface area contributed by atoms with E-state index < -0.39 is 15.8 Å². The first-order valence-corrected chi connectivity index (χ1v) is 6.32. The third-order valence-corrected chi connectivity index (χ3v) is 3.35. The molecule has 0 aliphatic carbocycles. The van der Waals surface area contributed by atoms with Crippen LogP contribution in [0.4, 0.5) is 15.9 Å². The molecule has 3 N–H and O–H groups in total. The van der Waals surface area contributed by atoms with Gasteiger partial charge in [-0.3, -0.25) is 4.72 Å². The molecule has 0 unspecified atom stereocenters. The number of aromatic nitrogens is 2. The molecule has 0 atom stereocenters. The number of rotatable bonds is 3. The van der Waals surface area contributed by atoms with Gasteiger partial charge in [-0.15, -0.1) is 0 Å². The molecule has 0 aromatic carbocycles. The number of pyridine rings is 2. The maximum atomic E-state index is 12.6. The average Bonchev–Trinajstić information content (AvgIpc) is 2.32. The van der Waals surface area contributed by atoms with Gasteiger partial charge in [0.2, 0.25) is 0 Å². The zero-order valence-electron chi connectivity index (χ0n) is 9.04. The Morgan fingerprint density at radius 3 is 2.61 bits per heavy atom. The summed E-state index contributed by atoms with van der Waals surface area (Å²) in [6.07, 6.45) is 2.21. The van der Waals surface area contributed by atoms with Crippen LogP contribution >= 0.6 is 0 Å². The van der Waals surface area contributed by atoms with E-state index in [1.807, 2.05) is 0 Å². The maximum Gasteiger partial charge on any atom is 0.282 e. The van der Waals surface area contributed by atoms with Crippen molar-refractivity contribution in [2.45, 2.75) is 5.03 Å². The van der Waals surface area contributed by atoms with E-state index in [4.69, 9.17) is 5.73 Å². The topological polar surface area (TPSA) is 98.0 Å². The van der Waals surface area contributed by atoms with Crippen LogP contribution in [0.1, 0.15) is 0 Å². The summed E-state index contributed by atoms with van der Waals surface area (Å²) < 4.78 is 38.6. The fourth-order valence-corrected chi connectivity index (χ4v) is 2.32. The quantitative estimate of drug-likeness (QED) is 0.865. The van der Waals surface area contributed by atoms with Gasteiger partial charge >= 0.3 is 0 Å². The standard InChI is InChI=1S/C10H9FN4O2S/c11-7-3-4-9(14-6-7)15-18(16,17)10-8(12)2-1-5-13-10/h1-6H,12H2,(H,14,15). The van der Waals surface area contributed by atoms with Crippen molar-refractivity contribution in [3.8, 4) is 0 Å². The number of nitrogen functional groups attached to an aromatic ring is 1. The number of hydrogen-bond donors (Lipinski definition) is 2. The van der Waals surface area contributed by atoms with Crippen LogP contribution in [0.5, 0.6) is 0 Å². The Balaban J connectivity index is 2.33. The highest BCUT2D eigenvalue weighted by molar-refractivity contribution is 7.92. The van der Waals surface area contributed by atoms with Crippen LogP contribution < -0.4 is 10.5 Å². The largest absolute Gasteiger partial charge is 0.396 e. The highest BCUT2D eigenvalue weighted by Gasteiger charge is 2.19. The SMILES string of the molecule is Nc1cccnc1S(=O)(=O)Nc1ccc(F)cn1. The lowest BCUT2D eigenvalue weighted by atomic mass is 10.4. The van der Waals surface area contributed by atoms with Crippen molar-refractivity contribution in [2.24, 2.45) is 0 Å². The summed E-state index contributed by atoms with van der Waals surface area (Å²) in [4.78, 5) is 7.27. The molecular weight excluding hydrogens is 259 g/mol. The molecule has 0 spiro atoms. The summed E-state index contributed by atoms with van der Waals surface area (Å²) >= 11 is 0. The van der Waals surface area contributed by atoms with Gasteiger partial charge in [-0.25, -0.2) is 14.4 Å². The zero-order chi connectivity index (χ0) is 13.2. The maximum absolute atomic E-state index is 12.6. The third-order valence-electron chi connectivity index (χ3n) is 2.02. The Hall–Kier alpha value is -2.22. The lowest BCUT2D eigenvalue weighted by molar-refractivity contribution is 0.597. The molecule has 0 radical (unpaired) electrons. The lowest BCUT2D eigenvalue weighted by Crippen LogP contribution is -2.17. The molecule has 0 bridgehead atoms. The Labute approximate surface area is 103 Å². The van der Waals surface area contributed by atoms with Gasteiger partial charge < -0.3 is 5.73 Å². The predicted molar refractivity (Wildman–Crippen MR) is 63.7 cm³/mol. The first-order chi connectivity index (χ1) is 8.49. The number of sulfonamides is 1. The van der Waals surface area contributed by atoms with Gasteiger partial charge in [-0.05, 0) is 24.3 Å². The first-order valence-electron chi connectivity index (χ1n) is 4.84. The van der Waals surface area contributed by atoms with Gasteiger partial charge in [-0.1, -0.05) is 0 Å². The first kappa shape index (κ1) is 12.2. The number of halogens is 1. The van der Waals surface area contributed by atoms with Crippen LogP contribution in [0.25, 0.3) is 0 Å². The summed E-state index contributed by atoms with van der Waals surface area (Å²) in [5.41, 5.74) is 5.54. The molecule has 0 saturated heterocycles. The summed E-state index contributed by atoms with van der Waals surface area (Å²) in [5, 5.41) is -0.295. The number of anilines is 2. The summed E-state index contributed by atoms with van der Waals surface area (Å²) in [6, 6.07) is 5.22. The minimum Gasteiger partial charge on any atom is -0.396 e. The van der Waals surface area contributed by atoms with E-state index >= 15 is 0 Å². The van der Waals surface area contributed by atoms with Crippen LogP contribution in [0, 0.1) is 5.82 Å². The predicted octanol–water partition coefficient (Wildman–Crippen LogP) is 0.999. The minimum absolute atomic E-state index is 0.0125. The molecule has 2 aromatic heterocycles. The molecule has 0 amide bonds. The Bertz CT molecular complexity index is 658. The van der Waals surface area contributed by atoms with Crippen molar-refractivity contribution in [1.29, 1.82) is 0 Å². The number of nitrogens with one attached hydrogen (secondary N) is 1. The molecule has 0 fully saturated rings. The van der Waals surface area contributed by atoms with Gasteiger partial charge in [0.1, 0.15) is 11.6 Å². The van der Waals surface area contributed by atoms with Gasteiger partial charge in [-0.2, -0.15) is 8.42 Å². The van der Waals surface area contributed by atoms with E-state index in [0.717, 1.165) is 12.3 Å². The molecule has 2 heterocycles. The number of nitrogens with zero attached hydrogens (tertiary/aromatic N) is 2. The van der Waals surface area contributed by atoms with E-state index in [1.54, 1.807) is 0 Å². The smallest absolute Gasteiger partial charge is 0.282 e. The Kier molecular flexibility index (Phi) is 3.11. The number of hydrogen-bond acceptors (Lipinski definition) is 5. The van der Waals surface area contributed by atoms with E-state index in [9.17, 15) is 12.8 Å².